The Balaban J connectivity index is 1.29. The van der Waals surface area contributed by atoms with Crippen molar-refractivity contribution in [3.05, 3.63) is 72.4 Å². The lowest BCUT2D eigenvalue weighted by atomic mass is 10.0. The molecule has 4 rings (SSSR count). The normalized spacial score (nSPS) is 15.6. The molecule has 0 unspecified atom stereocenters. The summed E-state index contributed by atoms with van der Waals surface area (Å²) in [6.45, 7) is 2.84. The molecule has 2 N–H and O–H groups in total. The van der Waals surface area contributed by atoms with E-state index in [1.807, 2.05) is 42.6 Å². The maximum atomic E-state index is 12.2. The van der Waals surface area contributed by atoms with Crippen LogP contribution in [0.4, 0.5) is 10.5 Å². The predicted octanol–water partition coefficient (Wildman–Crippen LogP) is 4.02. The zero-order valence-corrected chi connectivity index (χ0v) is 15.3. The van der Waals surface area contributed by atoms with E-state index >= 15 is 0 Å². The van der Waals surface area contributed by atoms with Crippen LogP contribution < -0.4 is 10.6 Å². The highest BCUT2D eigenvalue weighted by Crippen LogP contribution is 2.20. The van der Waals surface area contributed by atoms with Crippen molar-refractivity contribution < 1.29 is 4.79 Å². The number of nitrogens with one attached hydrogen (secondary N) is 2. The standard InChI is InChI=1S/C22H24N4O/c27-22(24-19-9-2-1-3-10-19)25-20-11-14-26(15-12-20)16-18-7-4-6-17-8-5-13-23-21(17)18/h1-10,13,20H,11-12,14-16H2,(H2,24,25,27). The summed E-state index contributed by atoms with van der Waals surface area (Å²) in [5.74, 6) is 0. The fraction of sp³-hybridized carbons (Fsp3) is 0.273. The second-order valence-electron chi connectivity index (χ2n) is 7.01. The summed E-state index contributed by atoms with van der Waals surface area (Å²) < 4.78 is 0. The summed E-state index contributed by atoms with van der Waals surface area (Å²) in [5.41, 5.74) is 3.17. The highest BCUT2D eigenvalue weighted by molar-refractivity contribution is 5.89. The molecular weight excluding hydrogens is 336 g/mol. The van der Waals surface area contributed by atoms with E-state index in [1.165, 1.54) is 10.9 Å². The molecule has 2 amide bonds. The number of carbonyl (C=O) groups is 1. The first-order valence-corrected chi connectivity index (χ1v) is 9.45. The van der Waals surface area contributed by atoms with Crippen LogP contribution in [0.15, 0.2) is 66.9 Å². The van der Waals surface area contributed by atoms with E-state index < -0.39 is 0 Å². The Labute approximate surface area is 159 Å². The lowest BCUT2D eigenvalue weighted by Crippen LogP contribution is -2.45. The number of nitrogens with zero attached hydrogens (tertiary/aromatic N) is 2. The van der Waals surface area contributed by atoms with Crippen molar-refractivity contribution in [1.82, 2.24) is 15.2 Å². The zero-order chi connectivity index (χ0) is 18.5. The van der Waals surface area contributed by atoms with Gasteiger partial charge in [-0.1, -0.05) is 42.5 Å². The molecule has 1 aromatic heterocycles. The number of benzene rings is 2. The topological polar surface area (TPSA) is 57.3 Å². The summed E-state index contributed by atoms with van der Waals surface area (Å²) in [6.07, 6.45) is 3.77. The van der Waals surface area contributed by atoms with Crippen molar-refractivity contribution >= 4 is 22.6 Å². The number of para-hydroxylation sites is 2. The number of likely N-dealkylation sites (tertiary alicyclic amines) is 1. The molecule has 0 aliphatic carbocycles. The first-order valence-electron chi connectivity index (χ1n) is 9.45. The van der Waals surface area contributed by atoms with Crippen LogP contribution in [-0.2, 0) is 6.54 Å². The molecule has 1 aliphatic rings. The highest BCUT2D eigenvalue weighted by Gasteiger charge is 2.21. The van der Waals surface area contributed by atoms with Crippen LogP contribution in [0.1, 0.15) is 18.4 Å². The quantitative estimate of drug-likeness (QED) is 0.739. The molecule has 0 spiro atoms. The molecule has 2 heterocycles. The van der Waals surface area contributed by atoms with E-state index in [0.717, 1.165) is 43.7 Å². The Morgan fingerprint density at radius 1 is 1.00 bits per heavy atom. The van der Waals surface area contributed by atoms with Gasteiger partial charge in [0.2, 0.25) is 0 Å². The van der Waals surface area contributed by atoms with Crippen LogP contribution in [0.25, 0.3) is 10.9 Å². The smallest absolute Gasteiger partial charge is 0.319 e. The number of anilines is 1. The van der Waals surface area contributed by atoms with Crippen LogP contribution >= 0.6 is 0 Å². The average molecular weight is 360 g/mol. The van der Waals surface area contributed by atoms with Gasteiger partial charge < -0.3 is 10.6 Å². The van der Waals surface area contributed by atoms with E-state index in [4.69, 9.17) is 0 Å². The van der Waals surface area contributed by atoms with Gasteiger partial charge >= 0.3 is 6.03 Å². The molecule has 138 valence electrons. The van der Waals surface area contributed by atoms with Gasteiger partial charge in [-0.2, -0.15) is 0 Å². The molecule has 0 radical (unpaired) electrons. The fourth-order valence-corrected chi connectivity index (χ4v) is 3.65. The van der Waals surface area contributed by atoms with Gasteiger partial charge in [0.1, 0.15) is 0 Å². The Kier molecular flexibility index (Phi) is 5.30. The van der Waals surface area contributed by atoms with Crippen molar-refractivity contribution in [2.75, 3.05) is 18.4 Å². The average Bonchev–Trinajstić information content (AvgIpc) is 2.70. The monoisotopic (exact) mass is 360 g/mol. The number of hydrogen-bond acceptors (Lipinski definition) is 3. The van der Waals surface area contributed by atoms with Crippen LogP contribution in [0.2, 0.25) is 0 Å². The third-order valence-corrected chi connectivity index (χ3v) is 5.06. The number of pyridine rings is 1. The van der Waals surface area contributed by atoms with Crippen molar-refractivity contribution in [2.45, 2.75) is 25.4 Å². The number of hydrogen-bond donors (Lipinski definition) is 2. The molecule has 1 fully saturated rings. The number of fused-ring (bicyclic) bond motifs is 1. The van der Waals surface area contributed by atoms with Crippen molar-refractivity contribution in [1.29, 1.82) is 0 Å². The second-order valence-corrected chi connectivity index (χ2v) is 7.01. The van der Waals surface area contributed by atoms with Crippen molar-refractivity contribution in [3.63, 3.8) is 0 Å². The molecule has 2 aromatic carbocycles. The van der Waals surface area contributed by atoms with Crippen LogP contribution in [-0.4, -0.2) is 35.0 Å². The first-order chi connectivity index (χ1) is 13.3. The molecule has 3 aromatic rings. The number of rotatable bonds is 4. The zero-order valence-electron chi connectivity index (χ0n) is 15.3. The van der Waals surface area contributed by atoms with Crippen LogP contribution in [0, 0.1) is 0 Å². The SMILES string of the molecule is O=C(Nc1ccccc1)NC1CCN(Cc2cccc3cccnc23)CC1. The fourth-order valence-electron chi connectivity index (χ4n) is 3.65. The largest absolute Gasteiger partial charge is 0.335 e. The van der Waals surface area contributed by atoms with E-state index in [9.17, 15) is 4.79 Å². The van der Waals surface area contributed by atoms with Gasteiger partial charge in [0.05, 0.1) is 5.52 Å². The van der Waals surface area contributed by atoms with Gasteiger partial charge in [-0.05, 0) is 36.6 Å². The molecule has 1 aliphatic heterocycles. The summed E-state index contributed by atoms with van der Waals surface area (Å²) in [7, 11) is 0. The number of piperidine rings is 1. The van der Waals surface area contributed by atoms with Gasteiger partial charge in [0.25, 0.3) is 0 Å². The molecule has 0 saturated carbocycles. The molecule has 5 heteroatoms. The number of carbonyl (C=O) groups excluding carboxylic acids is 1. The van der Waals surface area contributed by atoms with E-state index in [-0.39, 0.29) is 12.1 Å². The molecule has 1 saturated heterocycles. The van der Waals surface area contributed by atoms with E-state index in [0.29, 0.717) is 0 Å². The molecule has 5 nitrogen and oxygen atoms in total. The van der Waals surface area contributed by atoms with Gasteiger partial charge in [0.15, 0.2) is 0 Å². The molecule has 27 heavy (non-hydrogen) atoms. The van der Waals surface area contributed by atoms with Gasteiger partial charge in [0, 0.05) is 42.9 Å². The maximum absolute atomic E-state index is 12.2. The summed E-state index contributed by atoms with van der Waals surface area (Å²) in [4.78, 5) is 19.1. The minimum atomic E-state index is -0.127. The minimum Gasteiger partial charge on any atom is -0.335 e. The van der Waals surface area contributed by atoms with Crippen molar-refractivity contribution in [2.24, 2.45) is 0 Å². The number of urea groups is 1. The number of aromatic nitrogens is 1. The van der Waals surface area contributed by atoms with Crippen LogP contribution in [0.5, 0.6) is 0 Å². The van der Waals surface area contributed by atoms with Gasteiger partial charge in [-0.3, -0.25) is 9.88 Å². The predicted molar refractivity (Wildman–Crippen MR) is 109 cm³/mol. The molecule has 0 atom stereocenters. The van der Waals surface area contributed by atoms with Gasteiger partial charge in [-0.15, -0.1) is 0 Å². The van der Waals surface area contributed by atoms with Crippen molar-refractivity contribution in [3.8, 4) is 0 Å². The Bertz CT molecular complexity index is 899. The highest BCUT2D eigenvalue weighted by atomic mass is 16.2. The number of amides is 2. The third-order valence-electron chi connectivity index (χ3n) is 5.06. The Hall–Kier alpha value is -2.92. The second kappa shape index (κ2) is 8.18. The lowest BCUT2D eigenvalue weighted by Gasteiger charge is -2.32. The van der Waals surface area contributed by atoms with Crippen LogP contribution in [0.3, 0.4) is 0 Å². The Morgan fingerprint density at radius 3 is 2.59 bits per heavy atom. The van der Waals surface area contributed by atoms with E-state index in [2.05, 4.69) is 44.8 Å². The maximum Gasteiger partial charge on any atom is 0.319 e. The summed E-state index contributed by atoms with van der Waals surface area (Å²) in [6, 6.07) is 20.1. The third kappa shape index (κ3) is 4.44. The first kappa shape index (κ1) is 17.5. The van der Waals surface area contributed by atoms with E-state index in [1.54, 1.807) is 0 Å². The summed E-state index contributed by atoms with van der Waals surface area (Å²) >= 11 is 0. The minimum absolute atomic E-state index is 0.127. The summed E-state index contributed by atoms with van der Waals surface area (Å²) in [5, 5.41) is 7.17. The lowest BCUT2D eigenvalue weighted by molar-refractivity contribution is 0.190. The Morgan fingerprint density at radius 2 is 1.78 bits per heavy atom. The molecule has 0 bridgehead atoms. The molecular formula is C22H24N4O. The van der Waals surface area contributed by atoms with Gasteiger partial charge in [-0.25, -0.2) is 4.79 Å².